The Hall–Kier alpha value is -2.58. The van der Waals surface area contributed by atoms with Gasteiger partial charge in [0.25, 0.3) is 5.91 Å². The zero-order valence-electron chi connectivity index (χ0n) is 13.8. The molecule has 0 radical (unpaired) electrons. The number of benzene rings is 1. The van der Waals surface area contributed by atoms with Crippen molar-refractivity contribution in [2.75, 3.05) is 6.54 Å². The molecule has 0 spiro atoms. The van der Waals surface area contributed by atoms with Crippen molar-refractivity contribution in [3.8, 4) is 10.4 Å². The second-order valence-electron chi connectivity index (χ2n) is 5.49. The molecule has 0 aliphatic heterocycles. The molecule has 1 heterocycles. The Morgan fingerprint density at radius 1 is 1.27 bits per heavy atom. The normalized spacial score (nSPS) is 11.6. The van der Waals surface area contributed by atoms with Crippen molar-refractivity contribution >= 4 is 40.8 Å². The molecule has 0 aliphatic carbocycles. The third-order valence-electron chi connectivity index (χ3n) is 3.49. The molecule has 9 heteroatoms. The van der Waals surface area contributed by atoms with Crippen molar-refractivity contribution in [2.24, 2.45) is 16.5 Å². The molecular weight excluding hydrogens is 376 g/mol. The molecule has 1 amide bonds. The topological polar surface area (TPSA) is 131 Å². The van der Waals surface area contributed by atoms with Crippen LogP contribution in [0.1, 0.15) is 22.5 Å². The van der Waals surface area contributed by atoms with Gasteiger partial charge in [-0.3, -0.25) is 9.79 Å². The number of carbonyl (C=O) groups is 2. The lowest BCUT2D eigenvalue weighted by Crippen LogP contribution is -2.40. The van der Waals surface area contributed by atoms with Gasteiger partial charge in [0.05, 0.1) is 4.88 Å². The van der Waals surface area contributed by atoms with E-state index in [-0.39, 0.29) is 12.4 Å². The zero-order chi connectivity index (χ0) is 19.1. The van der Waals surface area contributed by atoms with Crippen LogP contribution < -0.4 is 16.8 Å². The van der Waals surface area contributed by atoms with E-state index in [1.165, 1.54) is 11.3 Å². The molecule has 7 nitrogen and oxygen atoms in total. The van der Waals surface area contributed by atoms with Crippen molar-refractivity contribution in [1.29, 1.82) is 0 Å². The lowest BCUT2D eigenvalue weighted by atomic mass is 10.1. The zero-order valence-corrected chi connectivity index (χ0v) is 15.4. The molecule has 1 atom stereocenters. The molecule has 0 saturated heterocycles. The molecule has 2 rings (SSSR count). The van der Waals surface area contributed by atoms with Crippen molar-refractivity contribution in [1.82, 2.24) is 5.32 Å². The second-order valence-corrected chi connectivity index (χ2v) is 7.01. The van der Waals surface area contributed by atoms with Gasteiger partial charge in [0.2, 0.25) is 0 Å². The predicted molar refractivity (Wildman–Crippen MR) is 104 cm³/mol. The Bertz CT molecular complexity index is 818. The van der Waals surface area contributed by atoms with Gasteiger partial charge in [0, 0.05) is 16.4 Å². The van der Waals surface area contributed by atoms with Crippen LogP contribution in [-0.2, 0) is 4.79 Å². The maximum Gasteiger partial charge on any atom is 0.326 e. The molecule has 0 fully saturated rings. The van der Waals surface area contributed by atoms with Crippen LogP contribution in [0.3, 0.4) is 0 Å². The molecule has 6 N–H and O–H groups in total. The summed E-state index contributed by atoms with van der Waals surface area (Å²) in [6.45, 7) is 0.305. The van der Waals surface area contributed by atoms with Crippen LogP contribution in [-0.4, -0.2) is 35.5 Å². The van der Waals surface area contributed by atoms with Crippen LogP contribution in [0, 0.1) is 0 Å². The number of carbonyl (C=O) groups excluding carboxylic acids is 1. The number of nitrogens with one attached hydrogen (secondary N) is 1. The summed E-state index contributed by atoms with van der Waals surface area (Å²) in [6, 6.07) is 9.75. The molecule has 1 aromatic heterocycles. The highest BCUT2D eigenvalue weighted by Gasteiger charge is 2.21. The number of nitrogens with two attached hydrogens (primary N) is 2. The molecule has 0 saturated carbocycles. The SMILES string of the molecule is NC(N)=NCCC[C@@H](NC(=O)c1ccc(-c2cccc(Cl)c2)s1)C(=O)O. The maximum absolute atomic E-state index is 12.4. The lowest BCUT2D eigenvalue weighted by molar-refractivity contribution is -0.139. The Morgan fingerprint density at radius 2 is 2.04 bits per heavy atom. The van der Waals surface area contributed by atoms with Crippen molar-refractivity contribution in [2.45, 2.75) is 18.9 Å². The summed E-state index contributed by atoms with van der Waals surface area (Å²) in [7, 11) is 0. The van der Waals surface area contributed by atoms with Gasteiger partial charge in [0.15, 0.2) is 5.96 Å². The van der Waals surface area contributed by atoms with Gasteiger partial charge < -0.3 is 21.9 Å². The Kier molecular flexibility index (Phi) is 6.99. The number of halogens is 1. The van der Waals surface area contributed by atoms with Crippen LogP contribution in [0.25, 0.3) is 10.4 Å². The van der Waals surface area contributed by atoms with E-state index in [0.717, 1.165) is 10.4 Å². The molecule has 0 bridgehead atoms. The minimum Gasteiger partial charge on any atom is -0.480 e. The van der Waals surface area contributed by atoms with Crippen molar-refractivity contribution in [3.05, 3.63) is 46.3 Å². The van der Waals surface area contributed by atoms with E-state index in [1.807, 2.05) is 12.1 Å². The van der Waals surface area contributed by atoms with Gasteiger partial charge in [-0.2, -0.15) is 0 Å². The molecule has 26 heavy (non-hydrogen) atoms. The third-order valence-corrected chi connectivity index (χ3v) is 4.86. The third kappa shape index (κ3) is 5.75. The first kappa shape index (κ1) is 19.7. The van der Waals surface area contributed by atoms with Gasteiger partial charge >= 0.3 is 5.97 Å². The van der Waals surface area contributed by atoms with Crippen LogP contribution in [0.2, 0.25) is 5.02 Å². The average molecular weight is 395 g/mol. The van der Waals surface area contributed by atoms with E-state index in [1.54, 1.807) is 24.3 Å². The first-order valence-electron chi connectivity index (χ1n) is 7.81. The van der Waals surface area contributed by atoms with Gasteiger partial charge in [-0.1, -0.05) is 23.7 Å². The number of hydrogen-bond acceptors (Lipinski definition) is 4. The smallest absolute Gasteiger partial charge is 0.326 e. The van der Waals surface area contributed by atoms with E-state index in [4.69, 9.17) is 23.1 Å². The van der Waals surface area contributed by atoms with E-state index in [0.29, 0.717) is 22.9 Å². The largest absolute Gasteiger partial charge is 0.480 e. The Balaban J connectivity index is 2.01. The number of thiophene rings is 1. The minimum atomic E-state index is -1.10. The van der Waals surface area contributed by atoms with Gasteiger partial charge in [-0.25, -0.2) is 4.79 Å². The van der Waals surface area contributed by atoms with E-state index in [9.17, 15) is 14.7 Å². The monoisotopic (exact) mass is 394 g/mol. The highest BCUT2D eigenvalue weighted by molar-refractivity contribution is 7.17. The minimum absolute atomic E-state index is 0.0481. The number of aliphatic imine (C=N–C) groups is 1. The van der Waals surface area contributed by atoms with Crippen LogP contribution in [0.15, 0.2) is 41.4 Å². The summed E-state index contributed by atoms with van der Waals surface area (Å²) in [5.74, 6) is -1.58. The number of aliphatic carboxylic acids is 1. The van der Waals surface area contributed by atoms with Crippen molar-refractivity contribution in [3.63, 3.8) is 0 Å². The molecule has 0 unspecified atom stereocenters. The summed E-state index contributed by atoms with van der Waals surface area (Å²) in [5.41, 5.74) is 11.3. The molecule has 2 aromatic rings. The van der Waals surface area contributed by atoms with Gasteiger partial charge in [-0.15, -0.1) is 11.3 Å². The fourth-order valence-electron chi connectivity index (χ4n) is 2.25. The number of guanidine groups is 1. The number of amides is 1. The maximum atomic E-state index is 12.4. The second kappa shape index (κ2) is 9.21. The van der Waals surface area contributed by atoms with E-state index >= 15 is 0 Å². The molecule has 1 aromatic carbocycles. The van der Waals surface area contributed by atoms with E-state index in [2.05, 4.69) is 10.3 Å². The average Bonchev–Trinajstić information content (AvgIpc) is 3.07. The summed E-state index contributed by atoms with van der Waals surface area (Å²) in [5, 5.41) is 12.4. The number of carboxylic acids is 1. The molecule has 0 aliphatic rings. The predicted octanol–water partition coefficient (Wildman–Crippen LogP) is 2.31. The molecule has 138 valence electrons. The lowest BCUT2D eigenvalue weighted by Gasteiger charge is -2.13. The Labute approximate surface area is 159 Å². The van der Waals surface area contributed by atoms with Gasteiger partial charge in [-0.05, 0) is 42.7 Å². The highest BCUT2D eigenvalue weighted by atomic mass is 35.5. The first-order valence-corrected chi connectivity index (χ1v) is 9.01. The van der Waals surface area contributed by atoms with Crippen molar-refractivity contribution < 1.29 is 14.7 Å². The number of hydrogen-bond donors (Lipinski definition) is 4. The summed E-state index contributed by atoms with van der Waals surface area (Å²) in [6.07, 6.45) is 0.664. The fraction of sp³-hybridized carbons (Fsp3) is 0.235. The standard InChI is InChI=1S/C17H19ClN4O3S/c18-11-4-1-3-10(9-11)13-6-7-14(26-13)15(23)22-12(16(24)25)5-2-8-21-17(19)20/h1,3-4,6-7,9,12H,2,5,8H2,(H,22,23)(H,24,25)(H4,19,20,21)/t12-/m1/s1. The first-order chi connectivity index (χ1) is 12.4. The number of nitrogens with zero attached hydrogens (tertiary/aromatic N) is 1. The molecular formula is C17H19ClN4O3S. The fourth-order valence-corrected chi connectivity index (χ4v) is 3.34. The number of rotatable bonds is 8. The highest BCUT2D eigenvalue weighted by Crippen LogP contribution is 2.29. The summed E-state index contributed by atoms with van der Waals surface area (Å²) >= 11 is 7.25. The quantitative estimate of drug-likeness (QED) is 0.310. The van der Waals surface area contributed by atoms with Crippen LogP contribution in [0.4, 0.5) is 0 Å². The summed E-state index contributed by atoms with van der Waals surface area (Å²) < 4.78 is 0. The number of carboxylic acid groups (broad SMARTS) is 1. The van der Waals surface area contributed by atoms with Crippen LogP contribution in [0.5, 0.6) is 0 Å². The van der Waals surface area contributed by atoms with Crippen LogP contribution >= 0.6 is 22.9 Å². The van der Waals surface area contributed by atoms with E-state index < -0.39 is 17.9 Å². The van der Waals surface area contributed by atoms with Gasteiger partial charge in [0.1, 0.15) is 6.04 Å². The summed E-state index contributed by atoms with van der Waals surface area (Å²) in [4.78, 5) is 28.8. The Morgan fingerprint density at radius 3 is 2.69 bits per heavy atom.